The van der Waals surface area contributed by atoms with Crippen molar-refractivity contribution in [2.24, 2.45) is 7.05 Å². The molecule has 0 bridgehead atoms. The topological polar surface area (TPSA) is 70.5 Å². The van der Waals surface area contributed by atoms with E-state index in [1.807, 2.05) is 45.2 Å². The zero-order valence-corrected chi connectivity index (χ0v) is 16.1. The van der Waals surface area contributed by atoms with Crippen molar-refractivity contribution < 1.29 is 9.59 Å². The Balaban J connectivity index is 1.99. The maximum atomic E-state index is 12.4. The zero-order chi connectivity index (χ0) is 18.6. The lowest BCUT2D eigenvalue weighted by Gasteiger charge is -2.18. The summed E-state index contributed by atoms with van der Waals surface area (Å²) in [5.74, 6) is -0.267. The lowest BCUT2D eigenvalue weighted by Crippen LogP contribution is -2.33. The van der Waals surface area contributed by atoms with Gasteiger partial charge in [0.1, 0.15) is 16.4 Å². The second kappa shape index (κ2) is 8.26. The number of thiazole rings is 1. The molecule has 7 nitrogen and oxygen atoms in total. The number of nitrogens with one attached hydrogen (secondary N) is 1. The van der Waals surface area contributed by atoms with Gasteiger partial charge in [-0.15, -0.1) is 11.3 Å². The molecule has 0 saturated carbocycles. The molecule has 2 aromatic rings. The number of carbonyl (C=O) groups is 2. The summed E-state index contributed by atoms with van der Waals surface area (Å²) in [5.41, 5.74) is 1.00. The molecule has 25 heavy (non-hydrogen) atoms. The molecule has 2 amide bonds. The van der Waals surface area contributed by atoms with Crippen LogP contribution in [0.25, 0.3) is 0 Å². The van der Waals surface area contributed by atoms with E-state index in [9.17, 15) is 9.59 Å². The fraction of sp³-hybridized carbons (Fsp3) is 0.471. The van der Waals surface area contributed by atoms with E-state index in [-0.39, 0.29) is 17.9 Å². The predicted octanol–water partition coefficient (Wildman–Crippen LogP) is 1.61. The highest BCUT2D eigenvalue weighted by atomic mass is 32.1. The van der Waals surface area contributed by atoms with E-state index in [0.717, 1.165) is 6.54 Å². The van der Waals surface area contributed by atoms with Gasteiger partial charge in [-0.05, 0) is 33.2 Å². The molecular formula is C17H25N5O2S. The number of hydrogen-bond acceptors (Lipinski definition) is 5. The lowest BCUT2D eigenvalue weighted by molar-refractivity contribution is 0.0781. The molecule has 0 aliphatic heterocycles. The van der Waals surface area contributed by atoms with E-state index in [4.69, 9.17) is 0 Å². The van der Waals surface area contributed by atoms with Crippen LogP contribution in [0.3, 0.4) is 0 Å². The normalized spacial score (nSPS) is 12.2. The number of rotatable bonds is 7. The minimum Gasteiger partial charge on any atom is -0.347 e. The molecule has 1 atom stereocenters. The van der Waals surface area contributed by atoms with Crippen LogP contribution in [0, 0.1) is 0 Å². The van der Waals surface area contributed by atoms with Gasteiger partial charge < -0.3 is 19.7 Å². The summed E-state index contributed by atoms with van der Waals surface area (Å²) in [5, 5.41) is 5.38. The summed E-state index contributed by atoms with van der Waals surface area (Å²) >= 11 is 1.38. The molecule has 136 valence electrons. The number of nitrogens with zero attached hydrogens (tertiary/aromatic N) is 4. The predicted molar refractivity (Wildman–Crippen MR) is 98.9 cm³/mol. The third-order valence-electron chi connectivity index (χ3n) is 3.86. The van der Waals surface area contributed by atoms with Crippen molar-refractivity contribution in [3.05, 3.63) is 40.1 Å². The molecule has 8 heteroatoms. The Hall–Kier alpha value is -2.19. The molecule has 0 radical (unpaired) electrons. The third-order valence-corrected chi connectivity index (χ3v) is 4.89. The van der Waals surface area contributed by atoms with Crippen LogP contribution >= 0.6 is 11.3 Å². The first-order chi connectivity index (χ1) is 11.8. The van der Waals surface area contributed by atoms with E-state index < -0.39 is 0 Å². The third kappa shape index (κ3) is 4.90. The summed E-state index contributed by atoms with van der Waals surface area (Å²) in [6.45, 7) is 3.30. The van der Waals surface area contributed by atoms with E-state index in [2.05, 4.69) is 10.3 Å². The molecule has 0 fully saturated rings. The molecule has 0 aliphatic carbocycles. The van der Waals surface area contributed by atoms with Gasteiger partial charge in [-0.1, -0.05) is 0 Å². The molecule has 0 unspecified atom stereocenters. The number of aromatic nitrogens is 2. The molecule has 0 aliphatic rings. The Labute approximate surface area is 152 Å². The quantitative estimate of drug-likeness (QED) is 0.811. The maximum Gasteiger partial charge on any atom is 0.273 e. The Morgan fingerprint density at radius 2 is 2.04 bits per heavy atom. The van der Waals surface area contributed by atoms with Gasteiger partial charge in [0.05, 0.1) is 6.04 Å². The molecule has 0 spiro atoms. The van der Waals surface area contributed by atoms with Crippen LogP contribution in [0.1, 0.15) is 39.0 Å². The summed E-state index contributed by atoms with van der Waals surface area (Å²) in [7, 11) is 7.53. The smallest absolute Gasteiger partial charge is 0.273 e. The average Bonchev–Trinajstić information content (AvgIpc) is 3.20. The van der Waals surface area contributed by atoms with Crippen LogP contribution in [0.2, 0.25) is 0 Å². The van der Waals surface area contributed by atoms with Gasteiger partial charge in [0.25, 0.3) is 11.8 Å². The van der Waals surface area contributed by atoms with Crippen molar-refractivity contribution in [3.63, 3.8) is 0 Å². The van der Waals surface area contributed by atoms with Gasteiger partial charge in [0.15, 0.2) is 0 Å². The Morgan fingerprint density at radius 1 is 1.32 bits per heavy atom. The van der Waals surface area contributed by atoms with Crippen molar-refractivity contribution in [1.29, 1.82) is 0 Å². The average molecular weight is 363 g/mol. The Morgan fingerprint density at radius 3 is 2.64 bits per heavy atom. The first kappa shape index (κ1) is 19.1. The molecule has 2 aromatic heterocycles. The van der Waals surface area contributed by atoms with Crippen molar-refractivity contribution in [1.82, 2.24) is 24.7 Å². The fourth-order valence-corrected chi connectivity index (χ4v) is 3.06. The van der Waals surface area contributed by atoms with Crippen molar-refractivity contribution in [2.75, 3.05) is 34.2 Å². The first-order valence-corrected chi connectivity index (χ1v) is 8.95. The van der Waals surface area contributed by atoms with Gasteiger partial charge in [-0.25, -0.2) is 4.98 Å². The van der Waals surface area contributed by atoms with Crippen LogP contribution in [0.5, 0.6) is 0 Å². The summed E-state index contributed by atoms with van der Waals surface area (Å²) in [6, 6.07) is 3.32. The van der Waals surface area contributed by atoms with Gasteiger partial charge in [0.2, 0.25) is 0 Å². The van der Waals surface area contributed by atoms with Crippen molar-refractivity contribution >= 4 is 23.2 Å². The maximum absolute atomic E-state index is 12.4. The number of likely N-dealkylation sites (N-methyl/N-ethyl adjacent to an activating group) is 2. The molecule has 2 heterocycles. The fourth-order valence-electron chi connectivity index (χ4n) is 2.26. The first-order valence-electron chi connectivity index (χ1n) is 8.07. The van der Waals surface area contributed by atoms with Gasteiger partial charge >= 0.3 is 0 Å². The summed E-state index contributed by atoms with van der Waals surface area (Å²) in [4.78, 5) is 32.8. The lowest BCUT2D eigenvalue weighted by atomic mass is 10.3. The molecule has 0 aromatic carbocycles. The zero-order valence-electron chi connectivity index (χ0n) is 15.3. The number of amides is 2. The molecule has 0 saturated heterocycles. The Bertz CT molecular complexity index is 737. The van der Waals surface area contributed by atoms with Crippen LogP contribution in [0.15, 0.2) is 23.7 Å². The number of aryl methyl sites for hydroxylation is 1. The molecule has 1 N–H and O–H groups in total. The van der Waals surface area contributed by atoms with E-state index in [1.165, 1.54) is 11.3 Å². The minimum atomic E-state index is -0.263. The largest absolute Gasteiger partial charge is 0.347 e. The number of carbonyl (C=O) groups excluding carboxylic acids is 2. The van der Waals surface area contributed by atoms with Crippen LogP contribution < -0.4 is 5.32 Å². The van der Waals surface area contributed by atoms with Crippen LogP contribution in [-0.4, -0.2) is 65.4 Å². The molecule has 2 rings (SSSR count). The summed E-state index contributed by atoms with van der Waals surface area (Å²) < 4.78 is 1.76. The van der Waals surface area contributed by atoms with Gasteiger partial charge in [-0.2, -0.15) is 0 Å². The standard InChI is InChI=1S/C17H25N5O2S/c1-12(18-15(23)14-7-6-8-21(14)4)16-19-13(11-25-16)17(24)22(5)10-9-20(2)3/h6-8,11-12H,9-10H2,1-5H3,(H,18,23)/t12-/m0/s1. The van der Waals surface area contributed by atoms with Crippen molar-refractivity contribution in [3.8, 4) is 0 Å². The van der Waals surface area contributed by atoms with E-state index in [0.29, 0.717) is 22.9 Å². The molecular weight excluding hydrogens is 338 g/mol. The van der Waals surface area contributed by atoms with Crippen molar-refractivity contribution in [2.45, 2.75) is 13.0 Å². The van der Waals surface area contributed by atoms with Gasteiger partial charge in [0, 0.05) is 38.8 Å². The monoisotopic (exact) mass is 363 g/mol. The SMILES string of the molecule is C[C@H](NC(=O)c1cccn1C)c1nc(C(=O)N(C)CCN(C)C)cs1. The number of hydrogen-bond donors (Lipinski definition) is 1. The Kier molecular flexibility index (Phi) is 6.33. The highest BCUT2D eigenvalue weighted by Crippen LogP contribution is 2.19. The second-order valence-electron chi connectivity index (χ2n) is 6.30. The highest BCUT2D eigenvalue weighted by Gasteiger charge is 2.20. The second-order valence-corrected chi connectivity index (χ2v) is 7.19. The summed E-state index contributed by atoms with van der Waals surface area (Å²) in [6.07, 6.45) is 1.82. The highest BCUT2D eigenvalue weighted by molar-refractivity contribution is 7.09. The van der Waals surface area contributed by atoms with Crippen LogP contribution in [-0.2, 0) is 7.05 Å². The van der Waals surface area contributed by atoms with Crippen LogP contribution in [0.4, 0.5) is 0 Å². The van der Waals surface area contributed by atoms with Gasteiger partial charge in [-0.3, -0.25) is 9.59 Å². The van der Waals surface area contributed by atoms with E-state index >= 15 is 0 Å². The minimum absolute atomic E-state index is 0.106. The van der Waals surface area contributed by atoms with E-state index in [1.54, 1.807) is 28.0 Å².